The van der Waals surface area contributed by atoms with Crippen LogP contribution in [0.2, 0.25) is 0 Å². The van der Waals surface area contributed by atoms with Crippen LogP contribution >= 0.6 is 0 Å². The Balaban J connectivity index is 2.51. The number of benzene rings is 1. The number of pyridine rings is 1. The summed E-state index contributed by atoms with van der Waals surface area (Å²) in [6, 6.07) is 7.39. The number of hydrogen-bond donors (Lipinski definition) is 1. The Kier molecular flexibility index (Phi) is 3.33. The zero-order valence-electron chi connectivity index (χ0n) is 9.90. The van der Waals surface area contributed by atoms with Crippen molar-refractivity contribution in [1.82, 2.24) is 4.98 Å². The molecule has 0 aliphatic heterocycles. The molecule has 2 rings (SSSR count). The van der Waals surface area contributed by atoms with Gasteiger partial charge in [0.1, 0.15) is 11.5 Å². The van der Waals surface area contributed by atoms with Crippen molar-refractivity contribution in [3.8, 4) is 22.6 Å². The lowest BCUT2D eigenvalue weighted by atomic mass is 10.1. The fraction of sp³-hybridized carbons (Fsp3) is 0.154. The van der Waals surface area contributed by atoms with Crippen molar-refractivity contribution in [1.29, 1.82) is 0 Å². The lowest BCUT2D eigenvalue weighted by Gasteiger charge is -2.12. The van der Waals surface area contributed by atoms with Crippen LogP contribution in [0.1, 0.15) is 5.69 Å². The maximum atomic E-state index is 12.7. The fourth-order valence-corrected chi connectivity index (χ4v) is 1.66. The van der Waals surface area contributed by atoms with Crippen molar-refractivity contribution in [3.05, 3.63) is 42.2 Å². The first-order valence-electron chi connectivity index (χ1n) is 5.32. The van der Waals surface area contributed by atoms with E-state index < -0.39 is 11.9 Å². The van der Waals surface area contributed by atoms with Crippen LogP contribution in [-0.4, -0.2) is 17.2 Å². The van der Waals surface area contributed by atoms with Gasteiger partial charge in [-0.2, -0.15) is 13.2 Å². The van der Waals surface area contributed by atoms with Gasteiger partial charge in [0.25, 0.3) is 0 Å². The van der Waals surface area contributed by atoms with E-state index in [9.17, 15) is 18.3 Å². The molecule has 0 amide bonds. The number of aromatic nitrogens is 1. The van der Waals surface area contributed by atoms with Crippen LogP contribution in [0.25, 0.3) is 11.1 Å². The van der Waals surface area contributed by atoms with E-state index in [1.807, 2.05) is 0 Å². The highest BCUT2D eigenvalue weighted by Crippen LogP contribution is 2.36. The van der Waals surface area contributed by atoms with E-state index in [-0.39, 0.29) is 11.5 Å². The number of nitrogens with zero attached hydrogens (tertiary/aromatic N) is 1. The van der Waals surface area contributed by atoms with Gasteiger partial charge < -0.3 is 9.84 Å². The van der Waals surface area contributed by atoms with Gasteiger partial charge in [-0.3, -0.25) is 0 Å². The van der Waals surface area contributed by atoms with E-state index in [0.29, 0.717) is 11.1 Å². The number of ether oxygens (including phenoxy) is 1. The highest BCUT2D eigenvalue weighted by Gasteiger charge is 2.36. The molecule has 1 aromatic carbocycles. The van der Waals surface area contributed by atoms with Crippen molar-refractivity contribution >= 4 is 0 Å². The maximum Gasteiger partial charge on any atom is 0.437 e. The van der Waals surface area contributed by atoms with Crippen molar-refractivity contribution < 1.29 is 23.0 Å². The lowest BCUT2D eigenvalue weighted by Crippen LogP contribution is -2.10. The smallest absolute Gasteiger partial charge is 0.437 e. The van der Waals surface area contributed by atoms with E-state index >= 15 is 0 Å². The second kappa shape index (κ2) is 4.79. The molecule has 0 bridgehead atoms. The molecule has 3 nitrogen and oxygen atoms in total. The number of methoxy groups -OCH3 is 1. The van der Waals surface area contributed by atoms with Crippen LogP contribution in [0.5, 0.6) is 11.5 Å². The van der Waals surface area contributed by atoms with E-state index in [4.69, 9.17) is 4.74 Å². The van der Waals surface area contributed by atoms with Crippen molar-refractivity contribution in [3.63, 3.8) is 0 Å². The maximum absolute atomic E-state index is 12.7. The Labute approximate surface area is 107 Å². The number of phenols is 1. The van der Waals surface area contributed by atoms with Gasteiger partial charge in [-0.25, -0.2) is 4.98 Å². The Morgan fingerprint density at radius 1 is 1.16 bits per heavy atom. The van der Waals surface area contributed by atoms with Gasteiger partial charge >= 0.3 is 6.18 Å². The predicted molar refractivity (Wildman–Crippen MR) is 62.9 cm³/mol. The summed E-state index contributed by atoms with van der Waals surface area (Å²) >= 11 is 0. The fourth-order valence-electron chi connectivity index (χ4n) is 1.66. The highest BCUT2D eigenvalue weighted by atomic mass is 19.4. The molecule has 2 aromatic rings. The largest absolute Gasteiger partial charge is 0.508 e. The quantitative estimate of drug-likeness (QED) is 0.907. The number of phenolic OH excluding ortho intramolecular Hbond substituents is 1. The number of rotatable bonds is 2. The normalized spacial score (nSPS) is 11.4. The minimum absolute atomic E-state index is 0.0244. The number of halogens is 3. The minimum atomic E-state index is -4.57. The number of alkyl halides is 3. The molecule has 19 heavy (non-hydrogen) atoms. The number of aromatic hydroxyl groups is 1. The average molecular weight is 269 g/mol. The lowest BCUT2D eigenvalue weighted by molar-refractivity contribution is -0.142. The van der Waals surface area contributed by atoms with Crippen LogP contribution in [-0.2, 0) is 6.18 Å². The van der Waals surface area contributed by atoms with Gasteiger partial charge in [0.05, 0.1) is 7.11 Å². The zero-order valence-corrected chi connectivity index (χ0v) is 9.90. The molecule has 0 fully saturated rings. The molecule has 0 radical (unpaired) electrons. The Morgan fingerprint density at radius 2 is 1.89 bits per heavy atom. The summed E-state index contributed by atoms with van der Waals surface area (Å²) in [7, 11) is 1.15. The molecule has 100 valence electrons. The summed E-state index contributed by atoms with van der Waals surface area (Å²) in [5.41, 5.74) is -0.0841. The second-order valence-electron chi connectivity index (χ2n) is 3.82. The Morgan fingerprint density at radius 3 is 2.47 bits per heavy atom. The molecule has 6 heteroatoms. The third-order valence-electron chi connectivity index (χ3n) is 2.52. The molecular weight excluding hydrogens is 259 g/mol. The predicted octanol–water partition coefficient (Wildman–Crippen LogP) is 3.48. The van der Waals surface area contributed by atoms with Gasteiger partial charge in [0.15, 0.2) is 5.69 Å². The second-order valence-corrected chi connectivity index (χ2v) is 3.82. The molecule has 0 aliphatic carbocycles. The first kappa shape index (κ1) is 13.2. The van der Waals surface area contributed by atoms with Crippen LogP contribution < -0.4 is 4.74 Å². The summed E-state index contributed by atoms with van der Waals surface area (Å²) in [6.45, 7) is 0. The summed E-state index contributed by atoms with van der Waals surface area (Å²) in [4.78, 5) is 3.40. The summed E-state index contributed by atoms with van der Waals surface area (Å²) in [6.07, 6.45) is -3.47. The highest BCUT2D eigenvalue weighted by molar-refractivity contribution is 5.66. The van der Waals surface area contributed by atoms with Crippen molar-refractivity contribution in [2.45, 2.75) is 6.18 Å². The third kappa shape index (κ3) is 2.78. The topological polar surface area (TPSA) is 42.4 Å². The van der Waals surface area contributed by atoms with Crippen LogP contribution in [0.15, 0.2) is 36.5 Å². The van der Waals surface area contributed by atoms with Crippen LogP contribution in [0, 0.1) is 0 Å². The Bertz CT molecular complexity index is 597. The van der Waals surface area contributed by atoms with E-state index in [1.54, 1.807) is 12.1 Å². The van der Waals surface area contributed by atoms with Crippen molar-refractivity contribution in [2.75, 3.05) is 7.11 Å². The van der Waals surface area contributed by atoms with Crippen molar-refractivity contribution in [2.24, 2.45) is 0 Å². The summed E-state index contributed by atoms with van der Waals surface area (Å²) in [5, 5.41) is 9.35. The van der Waals surface area contributed by atoms with E-state index in [2.05, 4.69) is 4.98 Å². The third-order valence-corrected chi connectivity index (χ3v) is 2.52. The van der Waals surface area contributed by atoms with Gasteiger partial charge in [0, 0.05) is 11.8 Å². The molecule has 0 saturated heterocycles. The van der Waals surface area contributed by atoms with Gasteiger partial charge in [-0.15, -0.1) is 0 Å². The first-order valence-corrected chi connectivity index (χ1v) is 5.32. The van der Waals surface area contributed by atoms with Gasteiger partial charge in [-0.1, -0.05) is 12.1 Å². The molecule has 0 atom stereocenters. The Hall–Kier alpha value is -2.24. The molecular formula is C13H10F3NO2. The van der Waals surface area contributed by atoms with Crippen LogP contribution in [0.3, 0.4) is 0 Å². The molecule has 1 N–H and O–H groups in total. The van der Waals surface area contributed by atoms with E-state index in [0.717, 1.165) is 13.3 Å². The standard InChI is InChI=1S/C13H10F3NO2/c1-19-11-6-9(7-17-12(11)13(14,15)16)8-3-2-4-10(18)5-8/h2-7,18H,1H3. The molecule has 0 saturated carbocycles. The number of hydrogen-bond acceptors (Lipinski definition) is 3. The molecule has 1 aromatic heterocycles. The monoisotopic (exact) mass is 269 g/mol. The average Bonchev–Trinajstić information content (AvgIpc) is 2.37. The first-order chi connectivity index (χ1) is 8.91. The zero-order chi connectivity index (χ0) is 14.0. The van der Waals surface area contributed by atoms with E-state index in [1.165, 1.54) is 18.2 Å². The molecule has 0 spiro atoms. The summed E-state index contributed by atoms with van der Waals surface area (Å²) in [5.74, 6) is -0.329. The molecule has 0 aliphatic rings. The van der Waals surface area contributed by atoms with Gasteiger partial charge in [0.2, 0.25) is 0 Å². The SMILES string of the molecule is COc1cc(-c2cccc(O)c2)cnc1C(F)(F)F. The summed E-state index contributed by atoms with van der Waals surface area (Å²) < 4.78 is 42.7. The van der Waals surface area contributed by atoms with Gasteiger partial charge in [-0.05, 0) is 23.8 Å². The minimum Gasteiger partial charge on any atom is -0.508 e. The molecule has 1 heterocycles. The van der Waals surface area contributed by atoms with Crippen LogP contribution in [0.4, 0.5) is 13.2 Å². The molecule has 0 unspecified atom stereocenters.